The summed E-state index contributed by atoms with van der Waals surface area (Å²) in [5.74, 6) is 0.940. The molecule has 0 amide bonds. The highest BCUT2D eigenvalue weighted by Gasteiger charge is 2.18. The summed E-state index contributed by atoms with van der Waals surface area (Å²) < 4.78 is 6.35. The normalized spacial score (nSPS) is 14.5. The second kappa shape index (κ2) is 7.39. The number of hydrogen-bond acceptors (Lipinski definition) is 4. The monoisotopic (exact) mass is 315 g/mol. The number of halogens is 1. The Hall–Kier alpha value is -0.420. The number of thiophene rings is 1. The average Bonchev–Trinajstić information content (AvgIpc) is 3.06. The standard InChI is InChI=1S/C14H18ClNOS2/c1-10(18-2)7-8-16-14(11-4-3-9-17-11)12-5-6-13(15)19-12/h3-6,9-10,14,16H,7-8H2,1-2H3. The van der Waals surface area contributed by atoms with Crippen LogP contribution < -0.4 is 5.32 Å². The molecule has 0 fully saturated rings. The van der Waals surface area contributed by atoms with Crippen LogP contribution in [0.1, 0.15) is 30.0 Å². The van der Waals surface area contributed by atoms with Crippen molar-refractivity contribution in [3.05, 3.63) is 45.5 Å². The topological polar surface area (TPSA) is 25.2 Å². The van der Waals surface area contributed by atoms with Gasteiger partial charge in [0, 0.05) is 10.1 Å². The number of nitrogens with one attached hydrogen (secondary N) is 1. The molecule has 2 nitrogen and oxygen atoms in total. The summed E-state index contributed by atoms with van der Waals surface area (Å²) in [7, 11) is 0. The average molecular weight is 316 g/mol. The van der Waals surface area contributed by atoms with E-state index in [-0.39, 0.29) is 6.04 Å². The molecule has 2 unspecified atom stereocenters. The van der Waals surface area contributed by atoms with Gasteiger partial charge in [0.25, 0.3) is 0 Å². The first-order valence-corrected chi connectivity index (χ1v) is 8.73. The van der Waals surface area contributed by atoms with Crippen LogP contribution in [-0.4, -0.2) is 18.1 Å². The molecule has 19 heavy (non-hydrogen) atoms. The molecule has 0 spiro atoms. The Morgan fingerprint density at radius 1 is 1.42 bits per heavy atom. The van der Waals surface area contributed by atoms with Crippen molar-refractivity contribution in [3.63, 3.8) is 0 Å². The predicted molar refractivity (Wildman–Crippen MR) is 85.5 cm³/mol. The zero-order chi connectivity index (χ0) is 13.7. The molecule has 2 heterocycles. The van der Waals surface area contributed by atoms with Crippen molar-refractivity contribution in [2.75, 3.05) is 12.8 Å². The Kier molecular flexibility index (Phi) is 5.82. The number of thioether (sulfide) groups is 1. The highest BCUT2D eigenvalue weighted by atomic mass is 35.5. The van der Waals surface area contributed by atoms with Crippen LogP contribution in [0.5, 0.6) is 0 Å². The van der Waals surface area contributed by atoms with Crippen LogP contribution in [0.2, 0.25) is 4.34 Å². The second-order valence-corrected chi connectivity index (χ2v) is 7.40. The fourth-order valence-electron chi connectivity index (χ4n) is 1.83. The van der Waals surface area contributed by atoms with Gasteiger partial charge < -0.3 is 9.73 Å². The van der Waals surface area contributed by atoms with Gasteiger partial charge in [0.15, 0.2) is 0 Å². The van der Waals surface area contributed by atoms with Gasteiger partial charge in [-0.25, -0.2) is 0 Å². The number of rotatable bonds is 7. The van der Waals surface area contributed by atoms with Crippen LogP contribution in [0.4, 0.5) is 0 Å². The van der Waals surface area contributed by atoms with E-state index in [1.165, 1.54) is 4.88 Å². The summed E-state index contributed by atoms with van der Waals surface area (Å²) in [4.78, 5) is 1.19. The third-order valence-corrected chi connectivity index (χ3v) is 5.34. The molecule has 0 aliphatic carbocycles. The fraction of sp³-hybridized carbons (Fsp3) is 0.429. The second-order valence-electron chi connectivity index (χ2n) is 4.38. The van der Waals surface area contributed by atoms with Gasteiger partial charge in [0.1, 0.15) is 11.8 Å². The molecule has 0 saturated heterocycles. The fourth-order valence-corrected chi connectivity index (χ4v) is 3.33. The van der Waals surface area contributed by atoms with Crippen molar-refractivity contribution in [1.82, 2.24) is 5.32 Å². The first-order valence-electron chi connectivity index (χ1n) is 6.25. The van der Waals surface area contributed by atoms with E-state index in [9.17, 15) is 0 Å². The summed E-state index contributed by atoms with van der Waals surface area (Å²) in [6, 6.07) is 8.02. The van der Waals surface area contributed by atoms with Crippen molar-refractivity contribution in [3.8, 4) is 0 Å². The van der Waals surface area contributed by atoms with Crippen LogP contribution in [0.25, 0.3) is 0 Å². The van der Waals surface area contributed by atoms with Crippen LogP contribution in [-0.2, 0) is 0 Å². The molecule has 0 bridgehead atoms. The minimum Gasteiger partial charge on any atom is -0.467 e. The molecule has 1 N–H and O–H groups in total. The summed E-state index contributed by atoms with van der Waals surface area (Å²) in [6.45, 7) is 3.21. The van der Waals surface area contributed by atoms with Crippen molar-refractivity contribution in [2.45, 2.75) is 24.6 Å². The maximum absolute atomic E-state index is 6.03. The molecule has 0 aliphatic rings. The lowest BCUT2D eigenvalue weighted by molar-refractivity contribution is 0.447. The van der Waals surface area contributed by atoms with Crippen molar-refractivity contribution >= 4 is 34.7 Å². The predicted octanol–water partition coefficient (Wildman–Crippen LogP) is 4.82. The van der Waals surface area contributed by atoms with E-state index in [0.717, 1.165) is 23.1 Å². The minimum absolute atomic E-state index is 0.0987. The van der Waals surface area contributed by atoms with E-state index in [1.54, 1.807) is 17.6 Å². The van der Waals surface area contributed by atoms with Crippen molar-refractivity contribution in [1.29, 1.82) is 0 Å². The maximum Gasteiger partial charge on any atom is 0.126 e. The lowest BCUT2D eigenvalue weighted by atomic mass is 10.2. The molecule has 2 aromatic heterocycles. The molecule has 0 radical (unpaired) electrons. The van der Waals surface area contributed by atoms with Gasteiger partial charge in [-0.2, -0.15) is 11.8 Å². The quantitative estimate of drug-likeness (QED) is 0.793. The van der Waals surface area contributed by atoms with Gasteiger partial charge in [0.05, 0.1) is 10.6 Å². The molecular formula is C14H18ClNOS2. The zero-order valence-corrected chi connectivity index (χ0v) is 13.4. The van der Waals surface area contributed by atoms with Gasteiger partial charge in [-0.15, -0.1) is 11.3 Å². The first-order chi connectivity index (χ1) is 9.20. The van der Waals surface area contributed by atoms with Gasteiger partial charge in [0.2, 0.25) is 0 Å². The van der Waals surface area contributed by atoms with Gasteiger partial charge in [-0.1, -0.05) is 18.5 Å². The molecule has 2 atom stereocenters. The van der Waals surface area contributed by atoms with Crippen LogP contribution >= 0.6 is 34.7 Å². The lowest BCUT2D eigenvalue weighted by Crippen LogP contribution is -2.24. The van der Waals surface area contributed by atoms with Crippen LogP contribution in [0.3, 0.4) is 0 Å². The van der Waals surface area contributed by atoms with Gasteiger partial charge in [-0.05, 0) is 43.5 Å². The molecule has 104 valence electrons. The largest absolute Gasteiger partial charge is 0.467 e. The highest BCUT2D eigenvalue weighted by Crippen LogP contribution is 2.31. The molecule has 2 rings (SSSR count). The summed E-state index contributed by atoms with van der Waals surface area (Å²) in [5.41, 5.74) is 0. The van der Waals surface area contributed by atoms with Crippen molar-refractivity contribution < 1.29 is 4.42 Å². The Morgan fingerprint density at radius 2 is 2.26 bits per heavy atom. The first kappa shape index (κ1) is 15.0. The van der Waals surface area contributed by atoms with Crippen molar-refractivity contribution in [2.24, 2.45) is 0 Å². The summed E-state index contributed by atoms with van der Waals surface area (Å²) in [5, 5.41) is 4.23. The summed E-state index contributed by atoms with van der Waals surface area (Å²) >= 11 is 9.52. The summed E-state index contributed by atoms with van der Waals surface area (Å²) in [6.07, 6.45) is 4.99. The Balaban J connectivity index is 2.03. The SMILES string of the molecule is CSC(C)CCNC(c1ccco1)c1ccc(Cl)s1. The Morgan fingerprint density at radius 3 is 2.84 bits per heavy atom. The molecule has 0 aromatic carbocycles. The van der Waals surface area contributed by atoms with E-state index in [1.807, 2.05) is 30.0 Å². The van der Waals surface area contributed by atoms with Crippen LogP contribution in [0.15, 0.2) is 34.9 Å². The minimum atomic E-state index is 0.0987. The van der Waals surface area contributed by atoms with E-state index < -0.39 is 0 Å². The lowest BCUT2D eigenvalue weighted by Gasteiger charge is -2.16. The van der Waals surface area contributed by atoms with E-state index >= 15 is 0 Å². The third-order valence-electron chi connectivity index (χ3n) is 3.01. The zero-order valence-electron chi connectivity index (χ0n) is 11.1. The Bertz CT molecular complexity index is 483. The van der Waals surface area contributed by atoms with Gasteiger partial charge >= 0.3 is 0 Å². The number of hydrogen-bond donors (Lipinski definition) is 1. The third kappa shape index (κ3) is 4.28. The smallest absolute Gasteiger partial charge is 0.126 e. The maximum atomic E-state index is 6.03. The molecule has 2 aromatic rings. The number of furan rings is 1. The van der Waals surface area contributed by atoms with Crippen LogP contribution in [0, 0.1) is 0 Å². The molecular weight excluding hydrogens is 298 g/mol. The van der Waals surface area contributed by atoms with E-state index in [4.69, 9.17) is 16.0 Å². The van der Waals surface area contributed by atoms with E-state index in [0.29, 0.717) is 5.25 Å². The highest BCUT2D eigenvalue weighted by molar-refractivity contribution is 7.99. The Labute approximate surface area is 127 Å². The molecule has 5 heteroatoms. The molecule has 0 aliphatic heterocycles. The molecule has 0 saturated carbocycles. The van der Waals surface area contributed by atoms with E-state index in [2.05, 4.69) is 24.6 Å². The van der Waals surface area contributed by atoms with Gasteiger partial charge in [-0.3, -0.25) is 0 Å².